The van der Waals surface area contributed by atoms with E-state index >= 15 is 0 Å². The summed E-state index contributed by atoms with van der Waals surface area (Å²) in [5.41, 5.74) is 2.85. The molecular weight excluding hydrogens is 430 g/mol. The molecule has 1 aliphatic rings. The lowest BCUT2D eigenvalue weighted by atomic mass is 10.1. The van der Waals surface area contributed by atoms with Crippen molar-refractivity contribution in [2.24, 2.45) is 0 Å². The predicted molar refractivity (Wildman–Crippen MR) is 120 cm³/mol. The molecule has 0 saturated heterocycles. The van der Waals surface area contributed by atoms with E-state index in [9.17, 15) is 18.7 Å². The molecule has 0 saturated carbocycles. The summed E-state index contributed by atoms with van der Waals surface area (Å²) in [5, 5.41) is 12.8. The number of ether oxygens (including phenoxy) is 2. The van der Waals surface area contributed by atoms with Crippen LogP contribution in [0.25, 0.3) is 0 Å². The Labute approximate surface area is 190 Å². The first-order chi connectivity index (χ1) is 15.9. The van der Waals surface area contributed by atoms with Crippen molar-refractivity contribution in [2.75, 3.05) is 19.5 Å². The summed E-state index contributed by atoms with van der Waals surface area (Å²) >= 11 is 0. The van der Waals surface area contributed by atoms with Crippen molar-refractivity contribution in [3.8, 4) is 17.2 Å². The fourth-order valence-electron chi connectivity index (χ4n) is 4.14. The number of benzene rings is 3. The Hall–Kier alpha value is -3.81. The highest BCUT2D eigenvalue weighted by Crippen LogP contribution is 2.38. The van der Waals surface area contributed by atoms with E-state index in [0.29, 0.717) is 18.4 Å². The van der Waals surface area contributed by atoms with Crippen LogP contribution >= 0.6 is 0 Å². The molecule has 1 aliphatic carbocycles. The first kappa shape index (κ1) is 22.4. The van der Waals surface area contributed by atoms with E-state index in [2.05, 4.69) is 5.32 Å². The number of halogens is 2. The van der Waals surface area contributed by atoms with Gasteiger partial charge in [-0.1, -0.05) is 24.3 Å². The number of aromatic hydroxyl groups is 1. The highest BCUT2D eigenvalue weighted by molar-refractivity contribution is 5.89. The van der Waals surface area contributed by atoms with E-state index in [-0.39, 0.29) is 35.5 Å². The SMILES string of the molecule is COc1cc(CN(C(=O)Nc2ccc(F)cc2F)C2Cc3ccccc3C2)cc(OC)c1O. The summed E-state index contributed by atoms with van der Waals surface area (Å²) in [7, 11) is 2.85. The molecule has 6 nitrogen and oxygen atoms in total. The fraction of sp³-hybridized carbons (Fsp3) is 0.240. The smallest absolute Gasteiger partial charge is 0.322 e. The molecule has 0 spiro atoms. The number of hydrogen-bond donors (Lipinski definition) is 2. The second kappa shape index (κ2) is 9.36. The van der Waals surface area contributed by atoms with Crippen molar-refractivity contribution >= 4 is 11.7 Å². The molecule has 0 bridgehead atoms. The number of amides is 2. The molecule has 2 N–H and O–H groups in total. The van der Waals surface area contributed by atoms with Gasteiger partial charge in [0.1, 0.15) is 11.6 Å². The van der Waals surface area contributed by atoms with E-state index in [1.54, 1.807) is 17.0 Å². The number of phenolic OH excluding ortho intramolecular Hbond substituents is 1. The minimum absolute atomic E-state index is 0.109. The number of carbonyl (C=O) groups excluding carboxylic acids is 1. The number of rotatable bonds is 6. The number of hydrogen-bond acceptors (Lipinski definition) is 4. The van der Waals surface area contributed by atoms with Crippen LogP contribution in [0.4, 0.5) is 19.3 Å². The first-order valence-corrected chi connectivity index (χ1v) is 10.4. The Morgan fingerprint density at radius 2 is 1.64 bits per heavy atom. The Morgan fingerprint density at radius 1 is 1.03 bits per heavy atom. The van der Waals surface area contributed by atoms with E-state index in [0.717, 1.165) is 23.3 Å². The van der Waals surface area contributed by atoms with Crippen molar-refractivity contribution in [1.29, 1.82) is 0 Å². The standard InChI is InChI=1S/C25H24F2N2O4/c1-32-22-9-15(10-23(33-2)24(22)30)14-29(19-11-16-5-3-4-6-17(16)12-19)25(31)28-21-8-7-18(26)13-20(21)27/h3-10,13,19,30H,11-12,14H2,1-2H3,(H,28,31). The minimum atomic E-state index is -0.856. The van der Waals surface area contributed by atoms with Crippen LogP contribution in [0.1, 0.15) is 16.7 Å². The van der Waals surface area contributed by atoms with Gasteiger partial charge in [-0.05, 0) is 53.8 Å². The minimum Gasteiger partial charge on any atom is -0.502 e. The second-order valence-electron chi connectivity index (χ2n) is 7.86. The lowest BCUT2D eigenvalue weighted by molar-refractivity contribution is 0.185. The number of carbonyl (C=O) groups is 1. The predicted octanol–water partition coefficient (Wildman–Crippen LogP) is 4.89. The maximum absolute atomic E-state index is 14.2. The third kappa shape index (κ3) is 4.69. The van der Waals surface area contributed by atoms with Crippen molar-refractivity contribution in [3.05, 3.63) is 82.9 Å². The van der Waals surface area contributed by atoms with Gasteiger partial charge in [0.05, 0.1) is 19.9 Å². The molecule has 0 aliphatic heterocycles. The molecule has 8 heteroatoms. The summed E-state index contributed by atoms with van der Waals surface area (Å²) in [6, 6.07) is 13.5. The summed E-state index contributed by atoms with van der Waals surface area (Å²) in [6.07, 6.45) is 1.28. The molecule has 0 fully saturated rings. The van der Waals surface area contributed by atoms with Crippen molar-refractivity contribution in [1.82, 2.24) is 4.90 Å². The molecule has 0 heterocycles. The lowest BCUT2D eigenvalue weighted by Gasteiger charge is -2.30. The summed E-state index contributed by atoms with van der Waals surface area (Å²) in [6.45, 7) is 0.153. The summed E-state index contributed by atoms with van der Waals surface area (Å²) in [4.78, 5) is 14.9. The zero-order valence-corrected chi connectivity index (χ0v) is 18.3. The Morgan fingerprint density at radius 3 is 2.18 bits per heavy atom. The van der Waals surface area contributed by atoms with Crippen LogP contribution < -0.4 is 14.8 Å². The molecule has 33 heavy (non-hydrogen) atoms. The van der Waals surface area contributed by atoms with E-state index < -0.39 is 17.7 Å². The maximum Gasteiger partial charge on any atom is 0.322 e. The van der Waals surface area contributed by atoms with Gasteiger partial charge < -0.3 is 24.8 Å². The lowest BCUT2D eigenvalue weighted by Crippen LogP contribution is -2.43. The zero-order valence-electron chi connectivity index (χ0n) is 18.3. The molecule has 3 aromatic carbocycles. The van der Waals surface area contributed by atoms with Gasteiger partial charge in [-0.15, -0.1) is 0 Å². The molecule has 0 radical (unpaired) electrons. The molecule has 172 valence electrons. The highest BCUT2D eigenvalue weighted by atomic mass is 19.1. The van der Waals surface area contributed by atoms with Crippen LogP contribution in [0, 0.1) is 11.6 Å². The number of urea groups is 1. The average Bonchev–Trinajstić information content (AvgIpc) is 3.23. The van der Waals surface area contributed by atoms with Gasteiger partial charge in [0, 0.05) is 18.7 Å². The van der Waals surface area contributed by atoms with Gasteiger partial charge in [-0.25, -0.2) is 13.6 Å². The van der Waals surface area contributed by atoms with Crippen LogP contribution in [0.2, 0.25) is 0 Å². The topological polar surface area (TPSA) is 71.0 Å². The van der Waals surface area contributed by atoms with Crippen molar-refractivity contribution < 1.29 is 28.2 Å². The molecule has 4 rings (SSSR count). The van der Waals surface area contributed by atoms with Gasteiger partial charge in [-0.2, -0.15) is 0 Å². The molecule has 2 amide bonds. The molecular formula is C25H24F2N2O4. The zero-order chi connectivity index (χ0) is 23.5. The van der Waals surface area contributed by atoms with Gasteiger partial charge in [-0.3, -0.25) is 0 Å². The van der Waals surface area contributed by atoms with Crippen LogP contribution in [-0.2, 0) is 19.4 Å². The first-order valence-electron chi connectivity index (χ1n) is 10.4. The molecule has 0 unspecified atom stereocenters. The normalized spacial score (nSPS) is 12.8. The van der Waals surface area contributed by atoms with Gasteiger partial charge in [0.15, 0.2) is 11.5 Å². The highest BCUT2D eigenvalue weighted by Gasteiger charge is 2.31. The average molecular weight is 454 g/mol. The number of nitrogens with one attached hydrogen (secondary N) is 1. The third-order valence-electron chi connectivity index (χ3n) is 5.80. The van der Waals surface area contributed by atoms with E-state index in [1.165, 1.54) is 20.3 Å². The van der Waals surface area contributed by atoms with Crippen LogP contribution in [-0.4, -0.2) is 36.3 Å². The van der Waals surface area contributed by atoms with Gasteiger partial charge >= 0.3 is 6.03 Å². The number of nitrogens with zero attached hydrogens (tertiary/aromatic N) is 1. The molecule has 3 aromatic rings. The Bertz CT molecular complexity index is 1130. The van der Waals surface area contributed by atoms with Crippen LogP contribution in [0.15, 0.2) is 54.6 Å². The van der Waals surface area contributed by atoms with Gasteiger partial charge in [0.2, 0.25) is 5.75 Å². The van der Waals surface area contributed by atoms with Crippen molar-refractivity contribution in [2.45, 2.75) is 25.4 Å². The molecule has 0 atom stereocenters. The number of fused-ring (bicyclic) bond motifs is 1. The largest absolute Gasteiger partial charge is 0.502 e. The third-order valence-corrected chi connectivity index (χ3v) is 5.80. The Balaban J connectivity index is 1.65. The Kier molecular flexibility index (Phi) is 6.35. The van der Waals surface area contributed by atoms with Crippen LogP contribution in [0.5, 0.6) is 17.2 Å². The van der Waals surface area contributed by atoms with Gasteiger partial charge in [0.25, 0.3) is 0 Å². The monoisotopic (exact) mass is 454 g/mol. The van der Waals surface area contributed by atoms with Crippen LogP contribution in [0.3, 0.4) is 0 Å². The van der Waals surface area contributed by atoms with E-state index in [1.807, 2.05) is 24.3 Å². The quantitative estimate of drug-likeness (QED) is 0.557. The van der Waals surface area contributed by atoms with E-state index in [4.69, 9.17) is 9.47 Å². The number of anilines is 1. The number of methoxy groups -OCH3 is 2. The second-order valence-corrected chi connectivity index (χ2v) is 7.86. The molecule has 0 aromatic heterocycles. The summed E-state index contributed by atoms with van der Waals surface area (Å²) in [5.74, 6) is -1.29. The number of phenols is 1. The maximum atomic E-state index is 14.2. The summed E-state index contributed by atoms with van der Waals surface area (Å²) < 4.78 is 38.0. The fourth-order valence-corrected chi connectivity index (χ4v) is 4.14. The van der Waals surface area contributed by atoms with Crippen molar-refractivity contribution in [3.63, 3.8) is 0 Å².